The van der Waals surface area contributed by atoms with E-state index in [4.69, 9.17) is 16.3 Å². The molecule has 16 heavy (non-hydrogen) atoms. The maximum atomic E-state index is 10.9. The first kappa shape index (κ1) is 11.2. The quantitative estimate of drug-likeness (QED) is 0.593. The minimum atomic E-state index is -0.441. The molecule has 0 bridgehead atoms. The molecule has 0 saturated carbocycles. The highest BCUT2D eigenvalue weighted by atomic mass is 35.5. The summed E-state index contributed by atoms with van der Waals surface area (Å²) in [6.45, 7) is 0. The van der Waals surface area contributed by atoms with Crippen molar-refractivity contribution in [2.75, 3.05) is 0 Å². The molecule has 0 fully saturated rings. The molecule has 0 amide bonds. The van der Waals surface area contributed by atoms with E-state index in [1.807, 2.05) is 0 Å². The highest BCUT2D eigenvalue weighted by molar-refractivity contribution is 6.67. The van der Waals surface area contributed by atoms with Crippen LogP contribution in [0.4, 0.5) is 0 Å². The zero-order valence-corrected chi connectivity index (χ0v) is 9.61. The Balaban J connectivity index is 2.02. The van der Waals surface area contributed by atoms with Gasteiger partial charge in [0.05, 0.1) is 0 Å². The van der Waals surface area contributed by atoms with Gasteiger partial charge in [0.1, 0.15) is 11.9 Å². The number of allylic oxidation sites excluding steroid dienone is 1. The van der Waals surface area contributed by atoms with Gasteiger partial charge in [-0.05, 0) is 61.2 Å². The third kappa shape index (κ3) is 2.86. The molecule has 1 aromatic carbocycles. The standard InChI is InChI=1S/C13H13ClO2/c14-13(15)10-6-8-12(9-7-10)16-11-4-2-1-3-5-11/h2,4,6-9,11H,1,3,5H2/t11-/m0/s1. The molecule has 2 rings (SSSR count). The number of hydrogen-bond donors (Lipinski definition) is 0. The van der Waals surface area contributed by atoms with Gasteiger partial charge in [-0.3, -0.25) is 4.79 Å². The molecule has 0 heterocycles. The topological polar surface area (TPSA) is 26.3 Å². The summed E-state index contributed by atoms with van der Waals surface area (Å²) >= 11 is 5.36. The Bertz CT molecular complexity index is 395. The first-order chi connectivity index (χ1) is 7.75. The van der Waals surface area contributed by atoms with Crippen molar-refractivity contribution in [1.82, 2.24) is 0 Å². The third-order valence-electron chi connectivity index (χ3n) is 2.58. The molecule has 1 aliphatic carbocycles. The Hall–Kier alpha value is -1.28. The number of ether oxygens (including phenoxy) is 1. The van der Waals surface area contributed by atoms with Crippen LogP contribution in [0.15, 0.2) is 36.4 Å². The molecule has 1 aliphatic rings. The van der Waals surface area contributed by atoms with Crippen LogP contribution < -0.4 is 4.74 Å². The van der Waals surface area contributed by atoms with Crippen LogP contribution in [0, 0.1) is 0 Å². The summed E-state index contributed by atoms with van der Waals surface area (Å²) < 4.78 is 5.75. The number of benzene rings is 1. The van der Waals surface area contributed by atoms with Gasteiger partial charge < -0.3 is 4.74 Å². The second kappa shape index (κ2) is 5.17. The highest BCUT2D eigenvalue weighted by Gasteiger charge is 2.10. The summed E-state index contributed by atoms with van der Waals surface area (Å²) in [5.41, 5.74) is 0.494. The highest BCUT2D eigenvalue weighted by Crippen LogP contribution is 2.19. The van der Waals surface area contributed by atoms with Gasteiger partial charge in [-0.25, -0.2) is 0 Å². The third-order valence-corrected chi connectivity index (χ3v) is 2.80. The summed E-state index contributed by atoms with van der Waals surface area (Å²) in [5, 5.41) is -0.441. The summed E-state index contributed by atoms with van der Waals surface area (Å²) in [7, 11) is 0. The van der Waals surface area contributed by atoms with Crippen LogP contribution in [0.2, 0.25) is 0 Å². The smallest absolute Gasteiger partial charge is 0.252 e. The molecule has 0 spiro atoms. The zero-order chi connectivity index (χ0) is 11.4. The fraction of sp³-hybridized carbons (Fsp3) is 0.308. The van der Waals surface area contributed by atoms with Crippen LogP contribution in [0.1, 0.15) is 29.6 Å². The molecule has 2 nitrogen and oxygen atoms in total. The minimum Gasteiger partial charge on any atom is -0.486 e. The number of rotatable bonds is 3. The van der Waals surface area contributed by atoms with Gasteiger partial charge in [0.15, 0.2) is 0 Å². The second-order valence-corrected chi connectivity index (χ2v) is 4.16. The van der Waals surface area contributed by atoms with E-state index >= 15 is 0 Å². The van der Waals surface area contributed by atoms with E-state index in [2.05, 4.69) is 12.2 Å². The molecule has 0 N–H and O–H groups in total. The van der Waals surface area contributed by atoms with E-state index in [1.165, 1.54) is 6.42 Å². The molecular formula is C13H13ClO2. The molecule has 0 aliphatic heterocycles. The van der Waals surface area contributed by atoms with Gasteiger partial charge >= 0.3 is 0 Å². The van der Waals surface area contributed by atoms with Crippen LogP contribution in [-0.2, 0) is 0 Å². The molecule has 1 atom stereocenters. The SMILES string of the molecule is O=C(Cl)c1ccc(O[C@H]2C=CCCC2)cc1. The van der Waals surface area contributed by atoms with Gasteiger partial charge in [0, 0.05) is 5.56 Å². The average Bonchev–Trinajstić information content (AvgIpc) is 2.31. The fourth-order valence-corrected chi connectivity index (χ4v) is 1.84. The number of hydrogen-bond acceptors (Lipinski definition) is 2. The van der Waals surface area contributed by atoms with Gasteiger partial charge in [0.25, 0.3) is 5.24 Å². The van der Waals surface area contributed by atoms with Crippen LogP contribution in [0.25, 0.3) is 0 Å². The van der Waals surface area contributed by atoms with Crippen LogP contribution >= 0.6 is 11.6 Å². The van der Waals surface area contributed by atoms with Crippen molar-refractivity contribution in [1.29, 1.82) is 0 Å². The van der Waals surface area contributed by atoms with Crippen LogP contribution in [0.3, 0.4) is 0 Å². The first-order valence-electron chi connectivity index (χ1n) is 5.39. The summed E-state index contributed by atoms with van der Waals surface area (Å²) in [5.74, 6) is 0.776. The summed E-state index contributed by atoms with van der Waals surface area (Å²) in [4.78, 5) is 10.9. The molecule has 84 valence electrons. The lowest BCUT2D eigenvalue weighted by Gasteiger charge is -2.18. The summed E-state index contributed by atoms with van der Waals surface area (Å²) in [6, 6.07) is 6.91. The lowest BCUT2D eigenvalue weighted by molar-refractivity contribution is 0.108. The molecule has 0 radical (unpaired) electrons. The van der Waals surface area contributed by atoms with Gasteiger partial charge in [-0.15, -0.1) is 0 Å². The van der Waals surface area contributed by atoms with Crippen LogP contribution in [-0.4, -0.2) is 11.3 Å². The second-order valence-electron chi connectivity index (χ2n) is 3.81. The van der Waals surface area contributed by atoms with Crippen molar-refractivity contribution in [3.05, 3.63) is 42.0 Å². The Morgan fingerprint density at radius 3 is 2.62 bits per heavy atom. The molecule has 0 aromatic heterocycles. The maximum Gasteiger partial charge on any atom is 0.252 e. The van der Waals surface area contributed by atoms with Crippen molar-refractivity contribution in [3.63, 3.8) is 0 Å². The predicted molar refractivity (Wildman–Crippen MR) is 64.0 cm³/mol. The molecular weight excluding hydrogens is 224 g/mol. The number of halogens is 1. The lowest BCUT2D eigenvalue weighted by Crippen LogP contribution is -2.15. The normalized spacial score (nSPS) is 19.4. The van der Waals surface area contributed by atoms with E-state index in [0.29, 0.717) is 5.56 Å². The van der Waals surface area contributed by atoms with Crippen LogP contribution in [0.5, 0.6) is 5.75 Å². The van der Waals surface area contributed by atoms with Crippen molar-refractivity contribution < 1.29 is 9.53 Å². The first-order valence-corrected chi connectivity index (χ1v) is 5.77. The lowest BCUT2D eigenvalue weighted by atomic mass is 10.1. The predicted octanol–water partition coefficient (Wildman–Crippen LogP) is 3.55. The summed E-state index contributed by atoms with van der Waals surface area (Å²) in [6.07, 6.45) is 7.74. The Kier molecular flexibility index (Phi) is 3.62. The van der Waals surface area contributed by atoms with Crippen molar-refractivity contribution in [3.8, 4) is 5.75 Å². The Morgan fingerprint density at radius 1 is 1.31 bits per heavy atom. The van der Waals surface area contributed by atoms with E-state index in [0.717, 1.165) is 18.6 Å². The molecule has 3 heteroatoms. The number of carbonyl (C=O) groups excluding carboxylic acids is 1. The fourth-order valence-electron chi connectivity index (χ4n) is 1.72. The van der Waals surface area contributed by atoms with Gasteiger partial charge in [0.2, 0.25) is 0 Å². The number of carbonyl (C=O) groups is 1. The van der Waals surface area contributed by atoms with E-state index < -0.39 is 5.24 Å². The van der Waals surface area contributed by atoms with E-state index in [-0.39, 0.29) is 6.10 Å². The van der Waals surface area contributed by atoms with Gasteiger partial charge in [-0.1, -0.05) is 6.08 Å². The minimum absolute atomic E-state index is 0.159. The van der Waals surface area contributed by atoms with Crippen molar-refractivity contribution >= 4 is 16.8 Å². The average molecular weight is 237 g/mol. The maximum absolute atomic E-state index is 10.9. The molecule has 0 unspecified atom stereocenters. The molecule has 0 saturated heterocycles. The largest absolute Gasteiger partial charge is 0.486 e. The molecule has 1 aromatic rings. The Morgan fingerprint density at radius 2 is 2.06 bits per heavy atom. The van der Waals surface area contributed by atoms with Crippen molar-refractivity contribution in [2.45, 2.75) is 25.4 Å². The Labute approximate surface area is 99.9 Å². The monoisotopic (exact) mass is 236 g/mol. The van der Waals surface area contributed by atoms with E-state index in [1.54, 1.807) is 24.3 Å². The van der Waals surface area contributed by atoms with Gasteiger partial charge in [-0.2, -0.15) is 0 Å². The van der Waals surface area contributed by atoms with E-state index in [9.17, 15) is 4.79 Å². The zero-order valence-electron chi connectivity index (χ0n) is 8.86. The van der Waals surface area contributed by atoms with Crippen molar-refractivity contribution in [2.24, 2.45) is 0 Å².